The van der Waals surface area contributed by atoms with Crippen molar-refractivity contribution in [2.24, 2.45) is 5.73 Å². The van der Waals surface area contributed by atoms with E-state index in [-0.39, 0.29) is 10.8 Å². The molecule has 0 atom stereocenters. The Labute approximate surface area is 119 Å². The van der Waals surface area contributed by atoms with Crippen molar-refractivity contribution < 1.29 is 17.8 Å². The monoisotopic (exact) mass is 299 g/mol. The van der Waals surface area contributed by atoms with Gasteiger partial charge in [0.15, 0.2) is 0 Å². The molecule has 0 saturated carbocycles. The Balaban J connectivity index is 0.000000444. The molecule has 1 aromatic carbocycles. The summed E-state index contributed by atoms with van der Waals surface area (Å²) in [5.41, 5.74) is 5.66. The maximum absolute atomic E-state index is 11.4. The molecule has 7 heteroatoms. The van der Waals surface area contributed by atoms with Crippen LogP contribution in [0.5, 0.6) is 0 Å². The van der Waals surface area contributed by atoms with Crippen molar-refractivity contribution in [2.45, 2.75) is 31.1 Å². The average molecular weight is 299 g/mol. The van der Waals surface area contributed by atoms with Crippen molar-refractivity contribution in [3.05, 3.63) is 24.3 Å². The zero-order chi connectivity index (χ0) is 15.2. The van der Waals surface area contributed by atoms with Crippen LogP contribution in [-0.4, -0.2) is 32.0 Å². The largest absolute Gasteiger partial charge is 0.744 e. The highest BCUT2D eigenvalue weighted by atomic mass is 32.2. The molecule has 2 N–H and O–H groups in total. The topological polar surface area (TPSA) is 104 Å². The molecule has 1 aliphatic rings. The maximum Gasteiger partial charge on any atom is 0.227 e. The fraction of sp³-hybridized carbons (Fsp3) is 0.462. The van der Waals surface area contributed by atoms with Crippen LogP contribution >= 0.6 is 0 Å². The number of nitrogens with zero attached hydrogens (tertiary/aromatic N) is 1. The third-order valence-electron chi connectivity index (χ3n) is 2.80. The van der Waals surface area contributed by atoms with Gasteiger partial charge in [-0.2, -0.15) is 0 Å². The minimum Gasteiger partial charge on any atom is -0.744 e. The van der Waals surface area contributed by atoms with E-state index in [1.165, 1.54) is 24.3 Å². The smallest absolute Gasteiger partial charge is 0.227 e. The van der Waals surface area contributed by atoms with E-state index >= 15 is 0 Å². The molecule has 1 saturated heterocycles. The van der Waals surface area contributed by atoms with E-state index in [2.05, 4.69) is 6.92 Å². The van der Waals surface area contributed by atoms with E-state index in [0.717, 1.165) is 19.4 Å². The van der Waals surface area contributed by atoms with Crippen LogP contribution in [0.4, 0.5) is 5.69 Å². The summed E-state index contributed by atoms with van der Waals surface area (Å²) < 4.78 is 32.1. The summed E-state index contributed by atoms with van der Waals surface area (Å²) >= 11 is 0. The van der Waals surface area contributed by atoms with E-state index in [0.29, 0.717) is 18.7 Å². The first-order valence-corrected chi connectivity index (χ1v) is 7.87. The van der Waals surface area contributed by atoms with Gasteiger partial charge in [-0.05, 0) is 43.7 Å². The van der Waals surface area contributed by atoms with E-state index in [1.54, 1.807) is 4.90 Å². The van der Waals surface area contributed by atoms with Crippen molar-refractivity contribution in [2.75, 3.05) is 18.0 Å². The highest BCUT2D eigenvalue weighted by Gasteiger charge is 2.21. The molecule has 0 bridgehead atoms. The van der Waals surface area contributed by atoms with Gasteiger partial charge < -0.3 is 15.2 Å². The van der Waals surface area contributed by atoms with Crippen LogP contribution in [0, 0.1) is 0 Å². The lowest BCUT2D eigenvalue weighted by Gasteiger charge is -2.16. The van der Waals surface area contributed by atoms with Crippen LogP contribution < -0.4 is 10.6 Å². The predicted octanol–water partition coefficient (Wildman–Crippen LogP) is 1.07. The molecule has 1 aliphatic heterocycles. The molecule has 20 heavy (non-hydrogen) atoms. The summed E-state index contributed by atoms with van der Waals surface area (Å²) in [6.07, 6.45) is 2.42. The summed E-state index contributed by atoms with van der Waals surface area (Å²) in [6.45, 7) is 3.52. The van der Waals surface area contributed by atoms with Crippen LogP contribution in [-0.2, 0) is 14.9 Å². The van der Waals surface area contributed by atoms with Crippen molar-refractivity contribution in [1.82, 2.24) is 0 Å². The van der Waals surface area contributed by atoms with Crippen LogP contribution in [0.1, 0.15) is 26.2 Å². The lowest BCUT2D eigenvalue weighted by molar-refractivity contribution is -0.117. The minimum absolute atomic E-state index is 0.0257. The fourth-order valence-electron chi connectivity index (χ4n) is 1.71. The van der Waals surface area contributed by atoms with Crippen LogP contribution in [0.3, 0.4) is 0 Å². The number of carbonyl (C=O) groups is 1. The first-order chi connectivity index (χ1) is 9.40. The van der Waals surface area contributed by atoms with Crippen LogP contribution in [0.2, 0.25) is 0 Å². The lowest BCUT2D eigenvalue weighted by Crippen LogP contribution is -2.23. The lowest BCUT2D eigenvalue weighted by atomic mass is 10.3. The normalized spacial score (nSPS) is 14.9. The summed E-state index contributed by atoms with van der Waals surface area (Å²) in [5, 5.41) is 0. The number of hydrogen-bond donors (Lipinski definition) is 1. The van der Waals surface area contributed by atoms with Gasteiger partial charge in [0, 0.05) is 18.7 Å². The molecule has 0 unspecified atom stereocenters. The Morgan fingerprint density at radius 2 is 1.85 bits per heavy atom. The third-order valence-corrected chi connectivity index (χ3v) is 3.65. The van der Waals surface area contributed by atoms with E-state index < -0.39 is 10.1 Å². The summed E-state index contributed by atoms with van der Waals surface area (Å²) in [4.78, 5) is 12.7. The molecular weight excluding hydrogens is 280 g/mol. The quantitative estimate of drug-likeness (QED) is 0.841. The first-order valence-electron chi connectivity index (χ1n) is 6.46. The van der Waals surface area contributed by atoms with Gasteiger partial charge in [-0.15, -0.1) is 0 Å². The number of benzene rings is 1. The van der Waals surface area contributed by atoms with Gasteiger partial charge in [0.2, 0.25) is 5.91 Å². The van der Waals surface area contributed by atoms with Crippen molar-refractivity contribution >= 4 is 21.7 Å². The number of nitrogens with two attached hydrogens (primary N) is 1. The second-order valence-electron chi connectivity index (χ2n) is 4.39. The molecule has 2 rings (SSSR count). The summed E-state index contributed by atoms with van der Waals surface area (Å²) in [5.74, 6) is 0.0257. The maximum atomic E-state index is 11.4. The molecule has 1 heterocycles. The second kappa shape index (κ2) is 7.37. The third kappa shape index (κ3) is 4.59. The van der Waals surface area contributed by atoms with Gasteiger partial charge in [-0.25, -0.2) is 8.42 Å². The molecule has 1 amide bonds. The Hall–Kier alpha value is -1.44. The van der Waals surface area contributed by atoms with Crippen molar-refractivity contribution in [3.63, 3.8) is 0 Å². The van der Waals surface area contributed by atoms with Gasteiger partial charge in [-0.1, -0.05) is 6.92 Å². The number of hydrogen-bond acceptors (Lipinski definition) is 5. The Kier molecular flexibility index (Phi) is 6.12. The predicted molar refractivity (Wildman–Crippen MR) is 75.3 cm³/mol. The SMILES string of the molecule is CCCN.O=C1CCCN1c1ccc(S(=O)(=O)[O-])cc1. The fourth-order valence-corrected chi connectivity index (χ4v) is 2.18. The molecule has 0 aromatic heterocycles. The highest BCUT2D eigenvalue weighted by Crippen LogP contribution is 2.22. The molecule has 1 fully saturated rings. The Morgan fingerprint density at radius 3 is 2.20 bits per heavy atom. The standard InChI is InChI=1S/C10H11NO4S.C3H9N/c12-10-2-1-7-11(10)8-3-5-9(6-4-8)16(13,14)15;1-2-3-4/h3-6H,1-2,7H2,(H,13,14,15);2-4H2,1H3/p-1. The zero-order valence-corrected chi connectivity index (χ0v) is 12.2. The molecule has 0 radical (unpaired) electrons. The van der Waals surface area contributed by atoms with Crippen molar-refractivity contribution in [3.8, 4) is 0 Å². The average Bonchev–Trinajstić information content (AvgIpc) is 2.84. The Bertz CT molecular complexity index is 538. The van der Waals surface area contributed by atoms with Gasteiger partial charge in [0.1, 0.15) is 10.1 Å². The van der Waals surface area contributed by atoms with Gasteiger partial charge in [0.25, 0.3) is 0 Å². The molecule has 1 aromatic rings. The van der Waals surface area contributed by atoms with Crippen LogP contribution in [0.25, 0.3) is 0 Å². The van der Waals surface area contributed by atoms with Crippen LogP contribution in [0.15, 0.2) is 29.2 Å². The van der Waals surface area contributed by atoms with Gasteiger partial charge >= 0.3 is 0 Å². The summed E-state index contributed by atoms with van der Waals surface area (Å²) in [6, 6.07) is 5.41. The molecular formula is C13H19N2O4S-. The highest BCUT2D eigenvalue weighted by molar-refractivity contribution is 7.85. The number of anilines is 1. The first kappa shape index (κ1) is 16.6. The number of carbonyl (C=O) groups excluding carboxylic acids is 1. The van der Waals surface area contributed by atoms with Gasteiger partial charge in [-0.3, -0.25) is 4.79 Å². The number of amides is 1. The number of rotatable bonds is 3. The molecule has 0 spiro atoms. The van der Waals surface area contributed by atoms with E-state index in [9.17, 15) is 17.8 Å². The van der Waals surface area contributed by atoms with E-state index in [4.69, 9.17) is 5.73 Å². The second-order valence-corrected chi connectivity index (χ2v) is 5.77. The molecule has 0 aliphatic carbocycles. The zero-order valence-electron chi connectivity index (χ0n) is 11.4. The molecule has 6 nitrogen and oxygen atoms in total. The van der Waals surface area contributed by atoms with E-state index in [1.807, 2.05) is 0 Å². The van der Waals surface area contributed by atoms with Crippen molar-refractivity contribution in [1.29, 1.82) is 0 Å². The Morgan fingerprint density at radius 1 is 1.30 bits per heavy atom. The van der Waals surface area contributed by atoms with Gasteiger partial charge in [0.05, 0.1) is 4.90 Å². The molecule has 112 valence electrons. The minimum atomic E-state index is -4.41. The summed E-state index contributed by atoms with van der Waals surface area (Å²) in [7, 11) is -4.41.